The normalized spacial score (nSPS) is 22.1. The van der Waals surface area contributed by atoms with Crippen molar-refractivity contribution in [1.29, 1.82) is 0 Å². The van der Waals surface area contributed by atoms with Gasteiger partial charge in [-0.05, 0) is 49.3 Å². The third-order valence-electron chi connectivity index (χ3n) is 4.62. The monoisotopic (exact) mass is 260 g/mol. The van der Waals surface area contributed by atoms with E-state index >= 15 is 0 Å². The van der Waals surface area contributed by atoms with Crippen LogP contribution in [0.4, 0.5) is 0 Å². The van der Waals surface area contributed by atoms with Crippen molar-refractivity contribution in [2.24, 2.45) is 11.8 Å². The van der Waals surface area contributed by atoms with Crippen LogP contribution in [0.15, 0.2) is 18.3 Å². The summed E-state index contributed by atoms with van der Waals surface area (Å²) >= 11 is 0. The Balaban J connectivity index is 2.05. The van der Waals surface area contributed by atoms with Gasteiger partial charge in [0.05, 0.1) is 0 Å². The number of rotatable bonds is 5. The van der Waals surface area contributed by atoms with Gasteiger partial charge in [-0.3, -0.25) is 4.98 Å². The fraction of sp³-hybridized carbons (Fsp3) is 0.706. The van der Waals surface area contributed by atoms with E-state index in [9.17, 15) is 0 Å². The molecule has 1 aliphatic carbocycles. The molecule has 1 N–H and O–H groups in total. The summed E-state index contributed by atoms with van der Waals surface area (Å²) in [5.41, 5.74) is 2.85. The van der Waals surface area contributed by atoms with Gasteiger partial charge in [-0.25, -0.2) is 0 Å². The molecule has 0 spiro atoms. The number of hydrogen-bond donors (Lipinski definition) is 1. The number of aryl methyl sites for hydroxylation is 1. The highest BCUT2D eigenvalue weighted by Gasteiger charge is 2.29. The first-order chi connectivity index (χ1) is 9.09. The SMILES string of the molecule is CC(C)NCC(C)C(C)C1CCCc2cccnc21. The van der Waals surface area contributed by atoms with Crippen molar-refractivity contribution in [3.05, 3.63) is 29.6 Å². The van der Waals surface area contributed by atoms with E-state index in [-0.39, 0.29) is 0 Å². The molecule has 0 radical (unpaired) electrons. The maximum Gasteiger partial charge on any atom is 0.0469 e. The van der Waals surface area contributed by atoms with Crippen LogP contribution in [0.5, 0.6) is 0 Å². The molecule has 1 heterocycles. The molecule has 2 rings (SSSR count). The second-order valence-corrected chi connectivity index (χ2v) is 6.45. The summed E-state index contributed by atoms with van der Waals surface area (Å²) in [6, 6.07) is 4.92. The molecule has 0 aromatic carbocycles. The van der Waals surface area contributed by atoms with Crippen molar-refractivity contribution in [3.8, 4) is 0 Å². The summed E-state index contributed by atoms with van der Waals surface area (Å²) in [7, 11) is 0. The minimum absolute atomic E-state index is 0.575. The van der Waals surface area contributed by atoms with E-state index in [1.165, 1.54) is 30.5 Å². The Morgan fingerprint density at radius 1 is 1.32 bits per heavy atom. The summed E-state index contributed by atoms with van der Waals surface area (Å²) in [5, 5.41) is 3.57. The number of pyridine rings is 1. The Labute approximate surface area is 118 Å². The topological polar surface area (TPSA) is 24.9 Å². The molecule has 3 atom stereocenters. The van der Waals surface area contributed by atoms with Gasteiger partial charge in [0.25, 0.3) is 0 Å². The van der Waals surface area contributed by atoms with E-state index in [1.54, 1.807) is 0 Å². The fourth-order valence-electron chi connectivity index (χ4n) is 3.16. The molecular formula is C17H28N2. The van der Waals surface area contributed by atoms with Gasteiger partial charge < -0.3 is 5.32 Å². The molecule has 0 saturated carbocycles. The van der Waals surface area contributed by atoms with Crippen LogP contribution in [0.1, 0.15) is 57.7 Å². The van der Waals surface area contributed by atoms with E-state index in [2.05, 4.69) is 50.1 Å². The molecule has 0 aliphatic heterocycles. The molecule has 0 fully saturated rings. The Morgan fingerprint density at radius 3 is 2.84 bits per heavy atom. The number of nitrogens with zero attached hydrogens (tertiary/aromatic N) is 1. The van der Waals surface area contributed by atoms with Crippen molar-refractivity contribution in [2.45, 2.75) is 58.9 Å². The lowest BCUT2D eigenvalue weighted by molar-refractivity contribution is 0.281. The van der Waals surface area contributed by atoms with Gasteiger partial charge in [0.1, 0.15) is 0 Å². The van der Waals surface area contributed by atoms with Gasteiger partial charge >= 0.3 is 0 Å². The highest BCUT2D eigenvalue weighted by atomic mass is 14.9. The Hall–Kier alpha value is -0.890. The first kappa shape index (κ1) is 14.5. The van der Waals surface area contributed by atoms with Crippen LogP contribution in [-0.2, 0) is 6.42 Å². The van der Waals surface area contributed by atoms with Gasteiger partial charge in [-0.1, -0.05) is 33.8 Å². The van der Waals surface area contributed by atoms with Crippen LogP contribution in [0.25, 0.3) is 0 Å². The second kappa shape index (κ2) is 6.51. The lowest BCUT2D eigenvalue weighted by atomic mass is 9.74. The first-order valence-corrected chi connectivity index (χ1v) is 7.76. The van der Waals surface area contributed by atoms with E-state index in [4.69, 9.17) is 0 Å². The molecule has 19 heavy (non-hydrogen) atoms. The van der Waals surface area contributed by atoms with Crippen molar-refractivity contribution in [1.82, 2.24) is 10.3 Å². The first-order valence-electron chi connectivity index (χ1n) is 7.76. The number of nitrogens with one attached hydrogen (secondary N) is 1. The third kappa shape index (κ3) is 3.56. The number of hydrogen-bond acceptors (Lipinski definition) is 2. The average Bonchev–Trinajstić information content (AvgIpc) is 2.43. The Bertz CT molecular complexity index is 400. The molecule has 0 bridgehead atoms. The molecule has 3 unspecified atom stereocenters. The second-order valence-electron chi connectivity index (χ2n) is 6.45. The minimum atomic E-state index is 0.575. The largest absolute Gasteiger partial charge is 0.314 e. The van der Waals surface area contributed by atoms with Crippen LogP contribution < -0.4 is 5.32 Å². The quantitative estimate of drug-likeness (QED) is 0.871. The van der Waals surface area contributed by atoms with Gasteiger partial charge in [-0.2, -0.15) is 0 Å². The lowest BCUT2D eigenvalue weighted by Gasteiger charge is -2.33. The average molecular weight is 260 g/mol. The van der Waals surface area contributed by atoms with Gasteiger partial charge in [0, 0.05) is 23.9 Å². The highest BCUT2D eigenvalue weighted by molar-refractivity contribution is 5.26. The molecule has 2 nitrogen and oxygen atoms in total. The number of fused-ring (bicyclic) bond motifs is 1. The fourth-order valence-corrected chi connectivity index (χ4v) is 3.16. The summed E-state index contributed by atoms with van der Waals surface area (Å²) in [6.07, 6.45) is 5.79. The van der Waals surface area contributed by atoms with Crippen molar-refractivity contribution >= 4 is 0 Å². The molecule has 1 aliphatic rings. The van der Waals surface area contributed by atoms with Crippen LogP contribution in [-0.4, -0.2) is 17.6 Å². The van der Waals surface area contributed by atoms with E-state index in [0.717, 1.165) is 6.54 Å². The zero-order chi connectivity index (χ0) is 13.8. The predicted molar refractivity (Wildman–Crippen MR) is 81.4 cm³/mol. The molecular weight excluding hydrogens is 232 g/mol. The van der Waals surface area contributed by atoms with Gasteiger partial charge in [-0.15, -0.1) is 0 Å². The molecule has 106 valence electrons. The Morgan fingerprint density at radius 2 is 2.11 bits per heavy atom. The van der Waals surface area contributed by atoms with Crippen molar-refractivity contribution in [3.63, 3.8) is 0 Å². The maximum atomic E-state index is 4.68. The summed E-state index contributed by atoms with van der Waals surface area (Å²) in [4.78, 5) is 4.68. The molecule has 1 aromatic heterocycles. The van der Waals surface area contributed by atoms with Crippen LogP contribution in [0.3, 0.4) is 0 Å². The molecule has 0 amide bonds. The molecule has 2 heteroatoms. The third-order valence-corrected chi connectivity index (χ3v) is 4.62. The summed E-state index contributed by atoms with van der Waals surface area (Å²) < 4.78 is 0. The van der Waals surface area contributed by atoms with Crippen LogP contribution in [0, 0.1) is 11.8 Å². The van der Waals surface area contributed by atoms with Gasteiger partial charge in [0.15, 0.2) is 0 Å². The summed E-state index contributed by atoms with van der Waals surface area (Å²) in [5.74, 6) is 2.04. The number of aromatic nitrogens is 1. The van der Waals surface area contributed by atoms with Crippen molar-refractivity contribution < 1.29 is 0 Å². The zero-order valence-corrected chi connectivity index (χ0v) is 12.8. The molecule has 1 aromatic rings. The minimum Gasteiger partial charge on any atom is -0.314 e. The van der Waals surface area contributed by atoms with Gasteiger partial charge in [0.2, 0.25) is 0 Å². The Kier molecular flexibility index (Phi) is 4.98. The maximum absolute atomic E-state index is 4.68. The molecule has 0 saturated heterocycles. The standard InChI is InChI=1S/C17H28N2/c1-12(2)19-11-13(3)14(4)16-9-5-7-15-8-6-10-18-17(15)16/h6,8,10,12-14,16,19H,5,7,9,11H2,1-4H3. The van der Waals surface area contributed by atoms with Crippen LogP contribution >= 0.6 is 0 Å². The van der Waals surface area contributed by atoms with Crippen LogP contribution in [0.2, 0.25) is 0 Å². The lowest BCUT2D eigenvalue weighted by Crippen LogP contribution is -2.33. The van der Waals surface area contributed by atoms with E-state index < -0.39 is 0 Å². The van der Waals surface area contributed by atoms with E-state index in [1.807, 2.05) is 6.20 Å². The smallest absolute Gasteiger partial charge is 0.0469 e. The van der Waals surface area contributed by atoms with Crippen molar-refractivity contribution in [2.75, 3.05) is 6.54 Å². The van der Waals surface area contributed by atoms with E-state index in [0.29, 0.717) is 23.8 Å². The summed E-state index contributed by atoms with van der Waals surface area (Å²) in [6.45, 7) is 10.3. The zero-order valence-electron chi connectivity index (χ0n) is 12.8. The predicted octanol–water partition coefficient (Wildman–Crippen LogP) is 3.77. The highest BCUT2D eigenvalue weighted by Crippen LogP contribution is 2.38.